The fourth-order valence-corrected chi connectivity index (χ4v) is 2.61. The molecule has 0 unspecified atom stereocenters. The fourth-order valence-electron chi connectivity index (χ4n) is 2.61. The summed E-state index contributed by atoms with van der Waals surface area (Å²) in [4.78, 5) is 23.2. The van der Waals surface area contributed by atoms with Gasteiger partial charge in [0.2, 0.25) is 5.78 Å². The van der Waals surface area contributed by atoms with Gasteiger partial charge in [0.15, 0.2) is 0 Å². The smallest absolute Gasteiger partial charge is 0.280 e. The molecule has 0 radical (unpaired) electrons. The van der Waals surface area contributed by atoms with Crippen LogP contribution in [0.3, 0.4) is 0 Å². The van der Waals surface area contributed by atoms with Crippen LogP contribution in [0.2, 0.25) is 0 Å². The van der Waals surface area contributed by atoms with Crippen molar-refractivity contribution in [2.75, 3.05) is 0 Å². The third-order valence-corrected chi connectivity index (χ3v) is 3.93. The van der Waals surface area contributed by atoms with Gasteiger partial charge in [-0.15, -0.1) is 0 Å². The first-order valence-electron chi connectivity index (χ1n) is 8.06. The van der Waals surface area contributed by atoms with Crippen LogP contribution in [0.25, 0.3) is 17.4 Å². The number of nitriles is 1. The first kappa shape index (κ1) is 17.8. The van der Waals surface area contributed by atoms with Crippen molar-refractivity contribution < 1.29 is 14.1 Å². The van der Waals surface area contributed by atoms with E-state index in [0.29, 0.717) is 11.1 Å². The van der Waals surface area contributed by atoms with Gasteiger partial charge in [-0.3, -0.25) is 14.9 Å². The van der Waals surface area contributed by atoms with E-state index in [0.717, 1.165) is 5.56 Å². The molecule has 3 rings (SSSR count). The van der Waals surface area contributed by atoms with E-state index in [4.69, 9.17) is 4.42 Å². The van der Waals surface area contributed by atoms with E-state index in [2.05, 4.69) is 0 Å². The quantitative estimate of drug-likeness (QED) is 0.211. The standard InChI is InChI=1S/C21H14N2O4/c1-14-7-9-18(19(11-14)23(25)26)20-10-8-17(27-20)12-16(13-22)21(24)15-5-3-2-4-6-15/h2-12H,1H3/b16-12+. The zero-order chi connectivity index (χ0) is 19.4. The molecular weight excluding hydrogens is 344 g/mol. The summed E-state index contributed by atoms with van der Waals surface area (Å²) in [6.07, 6.45) is 1.33. The summed E-state index contributed by atoms with van der Waals surface area (Å²) >= 11 is 0. The van der Waals surface area contributed by atoms with E-state index in [-0.39, 0.29) is 22.8 Å². The van der Waals surface area contributed by atoms with Crippen molar-refractivity contribution in [3.63, 3.8) is 0 Å². The minimum absolute atomic E-state index is 0.0688. The molecule has 0 aliphatic carbocycles. The number of hydrogen-bond acceptors (Lipinski definition) is 5. The molecule has 0 bridgehead atoms. The van der Waals surface area contributed by atoms with Gasteiger partial charge in [-0.1, -0.05) is 36.4 Å². The second-order valence-corrected chi connectivity index (χ2v) is 5.84. The fraction of sp³-hybridized carbons (Fsp3) is 0.0476. The van der Waals surface area contributed by atoms with E-state index < -0.39 is 10.7 Å². The molecule has 0 saturated heterocycles. The predicted molar refractivity (Wildman–Crippen MR) is 99.9 cm³/mol. The molecule has 0 spiro atoms. The number of furan rings is 1. The molecule has 1 aromatic heterocycles. The van der Waals surface area contributed by atoms with Gasteiger partial charge in [-0.2, -0.15) is 5.26 Å². The summed E-state index contributed by atoms with van der Waals surface area (Å²) in [5.74, 6) is 0.135. The molecular formula is C21H14N2O4. The van der Waals surface area contributed by atoms with E-state index in [1.165, 1.54) is 12.1 Å². The first-order chi connectivity index (χ1) is 13.0. The van der Waals surface area contributed by atoms with Crippen molar-refractivity contribution in [3.8, 4) is 17.4 Å². The molecule has 0 fully saturated rings. The highest BCUT2D eigenvalue weighted by Crippen LogP contribution is 2.32. The molecule has 0 amide bonds. The number of nitro groups is 1. The molecule has 0 atom stereocenters. The number of hydrogen-bond donors (Lipinski definition) is 0. The molecule has 27 heavy (non-hydrogen) atoms. The van der Waals surface area contributed by atoms with Crippen LogP contribution in [0.4, 0.5) is 5.69 Å². The molecule has 0 aliphatic rings. The number of allylic oxidation sites excluding steroid dienone is 1. The number of Topliss-reactive ketones (excluding diaryl/α,β-unsaturated/α-hetero) is 1. The average molecular weight is 358 g/mol. The van der Waals surface area contributed by atoms with Gasteiger partial charge >= 0.3 is 0 Å². The van der Waals surface area contributed by atoms with Gasteiger partial charge in [0.25, 0.3) is 5.69 Å². The Labute approximate surface area is 155 Å². The molecule has 1 heterocycles. The maximum Gasteiger partial charge on any atom is 0.280 e. The van der Waals surface area contributed by atoms with Gasteiger partial charge < -0.3 is 4.42 Å². The topological polar surface area (TPSA) is 97.1 Å². The van der Waals surface area contributed by atoms with Crippen LogP contribution in [-0.4, -0.2) is 10.7 Å². The molecule has 0 saturated carbocycles. The van der Waals surface area contributed by atoms with E-state index in [9.17, 15) is 20.2 Å². The highest BCUT2D eigenvalue weighted by Gasteiger charge is 2.19. The van der Waals surface area contributed by atoms with Gasteiger partial charge in [0, 0.05) is 17.7 Å². The predicted octanol–water partition coefficient (Wildman–Crippen LogP) is 4.95. The lowest BCUT2D eigenvalue weighted by Crippen LogP contribution is -2.01. The van der Waals surface area contributed by atoms with Crippen molar-refractivity contribution in [1.82, 2.24) is 0 Å². The summed E-state index contributed by atoms with van der Waals surface area (Å²) in [7, 11) is 0. The highest BCUT2D eigenvalue weighted by atomic mass is 16.6. The van der Waals surface area contributed by atoms with Gasteiger partial charge in [0.1, 0.15) is 23.2 Å². The zero-order valence-electron chi connectivity index (χ0n) is 14.4. The Morgan fingerprint density at radius 2 is 1.89 bits per heavy atom. The minimum Gasteiger partial charge on any atom is -0.456 e. The second kappa shape index (κ2) is 7.50. The van der Waals surface area contributed by atoms with Crippen LogP contribution in [0.1, 0.15) is 21.7 Å². The highest BCUT2D eigenvalue weighted by molar-refractivity contribution is 6.13. The largest absolute Gasteiger partial charge is 0.456 e. The lowest BCUT2D eigenvalue weighted by molar-refractivity contribution is -0.384. The number of carbonyl (C=O) groups is 1. The Morgan fingerprint density at radius 3 is 2.56 bits per heavy atom. The van der Waals surface area contributed by atoms with Crippen molar-refractivity contribution in [3.05, 3.63) is 93.2 Å². The Hall–Kier alpha value is -3.98. The average Bonchev–Trinajstić information content (AvgIpc) is 3.14. The van der Waals surface area contributed by atoms with Crippen LogP contribution in [0, 0.1) is 28.4 Å². The lowest BCUT2D eigenvalue weighted by Gasteiger charge is -2.01. The van der Waals surface area contributed by atoms with Crippen LogP contribution in [0.15, 0.2) is 70.7 Å². The normalized spacial score (nSPS) is 11.0. The Morgan fingerprint density at radius 1 is 1.15 bits per heavy atom. The van der Waals surface area contributed by atoms with Crippen molar-refractivity contribution in [2.45, 2.75) is 6.92 Å². The molecule has 2 aromatic carbocycles. The maximum absolute atomic E-state index is 12.4. The number of carbonyl (C=O) groups excluding carboxylic acids is 1. The summed E-state index contributed by atoms with van der Waals surface area (Å²) in [6.45, 7) is 1.77. The van der Waals surface area contributed by atoms with Gasteiger partial charge in [-0.05, 0) is 30.7 Å². The Balaban J connectivity index is 1.96. The molecule has 3 aromatic rings. The summed E-state index contributed by atoms with van der Waals surface area (Å²) < 4.78 is 5.63. The Bertz CT molecular complexity index is 1090. The number of aryl methyl sites for hydroxylation is 1. The van der Waals surface area contributed by atoms with Gasteiger partial charge in [-0.25, -0.2) is 0 Å². The van der Waals surface area contributed by atoms with E-state index >= 15 is 0 Å². The van der Waals surface area contributed by atoms with Crippen molar-refractivity contribution in [1.29, 1.82) is 5.26 Å². The van der Waals surface area contributed by atoms with E-state index in [1.807, 2.05) is 6.07 Å². The summed E-state index contributed by atoms with van der Waals surface area (Å²) in [5, 5.41) is 20.6. The monoisotopic (exact) mass is 358 g/mol. The van der Waals surface area contributed by atoms with Gasteiger partial charge in [0.05, 0.1) is 10.5 Å². The molecule has 132 valence electrons. The second-order valence-electron chi connectivity index (χ2n) is 5.84. The van der Waals surface area contributed by atoms with Crippen molar-refractivity contribution in [2.24, 2.45) is 0 Å². The molecule has 0 N–H and O–H groups in total. The number of benzene rings is 2. The molecule has 6 nitrogen and oxygen atoms in total. The SMILES string of the molecule is Cc1ccc(-c2ccc(/C=C(\C#N)C(=O)c3ccccc3)o2)c([N+](=O)[O-])c1. The number of nitrogens with zero attached hydrogens (tertiary/aromatic N) is 2. The summed E-state index contributed by atoms with van der Waals surface area (Å²) in [5.41, 5.74) is 1.34. The first-order valence-corrected chi connectivity index (χ1v) is 8.06. The minimum atomic E-state index is -0.472. The molecule has 0 aliphatic heterocycles. The maximum atomic E-state index is 12.4. The number of rotatable bonds is 5. The lowest BCUT2D eigenvalue weighted by atomic mass is 10.0. The third kappa shape index (κ3) is 3.83. The number of nitro benzene ring substituents is 1. The number of ketones is 1. The van der Waals surface area contributed by atoms with Crippen LogP contribution >= 0.6 is 0 Å². The zero-order valence-corrected chi connectivity index (χ0v) is 14.4. The summed E-state index contributed by atoms with van der Waals surface area (Å²) in [6, 6.07) is 18.3. The van der Waals surface area contributed by atoms with Crippen LogP contribution < -0.4 is 0 Å². The van der Waals surface area contributed by atoms with E-state index in [1.54, 1.807) is 61.5 Å². The third-order valence-electron chi connectivity index (χ3n) is 3.93. The van der Waals surface area contributed by atoms with Crippen LogP contribution in [-0.2, 0) is 0 Å². The Kier molecular flexibility index (Phi) is 4.95. The molecule has 6 heteroatoms. The van der Waals surface area contributed by atoms with Crippen LogP contribution in [0.5, 0.6) is 0 Å². The van der Waals surface area contributed by atoms with Crippen molar-refractivity contribution >= 4 is 17.5 Å².